The van der Waals surface area contributed by atoms with Crippen molar-refractivity contribution >= 4 is 32.6 Å². The highest BCUT2D eigenvalue weighted by Gasteiger charge is 2.19. The van der Waals surface area contributed by atoms with Gasteiger partial charge in [-0.3, -0.25) is 4.98 Å². The van der Waals surface area contributed by atoms with Crippen LogP contribution in [-0.2, 0) is 0 Å². The van der Waals surface area contributed by atoms with Crippen molar-refractivity contribution in [3.05, 3.63) is 310 Å². The van der Waals surface area contributed by atoms with Gasteiger partial charge in [-0.05, 0) is 150 Å². The van der Waals surface area contributed by atoms with Crippen LogP contribution >= 0.6 is 0 Å². The van der Waals surface area contributed by atoms with E-state index >= 15 is 0 Å². The van der Waals surface area contributed by atoms with Gasteiger partial charge in [0.1, 0.15) is 0 Å². The Bertz CT molecular complexity index is 4660. The molecule has 0 atom stereocenters. The van der Waals surface area contributed by atoms with E-state index in [0.29, 0.717) is 0 Å². The van der Waals surface area contributed by atoms with Gasteiger partial charge in [-0.25, -0.2) is 9.36 Å². The molecular formula is C77H51N5. The van der Waals surface area contributed by atoms with Crippen molar-refractivity contribution in [2.45, 2.75) is 0 Å². The molecule has 0 radical (unpaired) electrons. The average molecular weight is 1050 g/mol. The zero-order valence-electron chi connectivity index (χ0n) is 44.7. The fourth-order valence-electron chi connectivity index (χ4n) is 11.9. The fraction of sp³-hybridized carbons (Fsp3) is 0. The largest absolute Gasteiger partial charge is 0.255 e. The lowest BCUT2D eigenvalue weighted by Crippen LogP contribution is -1.96. The van der Waals surface area contributed by atoms with Crippen molar-refractivity contribution < 1.29 is 0 Å². The van der Waals surface area contributed by atoms with E-state index in [0.717, 1.165) is 133 Å². The Hall–Kier alpha value is -11.0. The van der Waals surface area contributed by atoms with Crippen molar-refractivity contribution in [1.82, 2.24) is 24.5 Å². The summed E-state index contributed by atoms with van der Waals surface area (Å²) in [5.41, 5.74) is 24.4. The zero-order valence-corrected chi connectivity index (χ0v) is 44.7. The number of hydrogen-bond donors (Lipinski definition) is 0. The first kappa shape index (κ1) is 48.1. The summed E-state index contributed by atoms with van der Waals surface area (Å²) < 4.78 is 4.03. The molecule has 82 heavy (non-hydrogen) atoms. The van der Waals surface area contributed by atoms with Crippen LogP contribution in [0, 0.1) is 0 Å². The molecule has 0 aliphatic rings. The second kappa shape index (κ2) is 20.7. The van der Waals surface area contributed by atoms with Gasteiger partial charge in [-0.15, -0.1) is 0 Å². The number of para-hydroxylation sites is 2. The summed E-state index contributed by atoms with van der Waals surface area (Å²) in [6, 6.07) is 105. The van der Waals surface area contributed by atoms with Crippen LogP contribution in [0.15, 0.2) is 310 Å². The molecule has 0 N–H and O–H groups in total. The van der Waals surface area contributed by atoms with Crippen LogP contribution in [0.3, 0.4) is 0 Å². The number of benzene rings is 12. The number of nitrogens with zero attached hydrogens (tertiary/aromatic N) is 5. The van der Waals surface area contributed by atoms with Crippen molar-refractivity contribution in [3.8, 4) is 112 Å². The van der Waals surface area contributed by atoms with E-state index in [1.807, 2.05) is 21.8 Å². The quantitative estimate of drug-likeness (QED) is 0.130. The van der Waals surface area contributed by atoms with Crippen LogP contribution in [0.2, 0.25) is 0 Å². The Morgan fingerprint density at radius 2 is 0.585 bits per heavy atom. The highest BCUT2D eigenvalue weighted by molar-refractivity contribution is 6.06. The SMILES string of the molecule is c1ccc(-c2ccc(-c3cccc(-c4ncc(-c5ccccc5-c5cc(-c6ccccc6-c6ccc(-n7ncc8ccccc87)cc6)cc(-c6ccccc6-c6ccc(-n7ncc8ccccc87)cc6)c5)c5ccccc45)c3)cc2)cc1. The molecule has 0 saturated carbocycles. The maximum Gasteiger partial charge on any atom is 0.0780 e. The second-order valence-electron chi connectivity index (χ2n) is 20.9. The van der Waals surface area contributed by atoms with E-state index < -0.39 is 0 Å². The molecule has 0 fully saturated rings. The maximum atomic E-state index is 5.36. The molecule has 0 bridgehead atoms. The first-order valence-electron chi connectivity index (χ1n) is 27.8. The molecular weight excluding hydrogens is 995 g/mol. The van der Waals surface area contributed by atoms with Gasteiger partial charge in [0.25, 0.3) is 0 Å². The Balaban J connectivity index is 0.852. The molecule has 384 valence electrons. The van der Waals surface area contributed by atoms with Gasteiger partial charge in [0, 0.05) is 33.5 Å². The number of hydrogen-bond acceptors (Lipinski definition) is 3. The van der Waals surface area contributed by atoms with E-state index in [1.54, 1.807) is 0 Å². The lowest BCUT2D eigenvalue weighted by Gasteiger charge is -2.19. The third-order valence-electron chi connectivity index (χ3n) is 16.0. The highest BCUT2D eigenvalue weighted by atomic mass is 15.3. The van der Waals surface area contributed by atoms with Gasteiger partial charge < -0.3 is 0 Å². The van der Waals surface area contributed by atoms with Gasteiger partial charge in [0.05, 0.1) is 40.5 Å². The van der Waals surface area contributed by atoms with Gasteiger partial charge in [0.2, 0.25) is 0 Å². The molecule has 0 unspecified atom stereocenters. The molecule has 15 rings (SSSR count). The molecule has 5 nitrogen and oxygen atoms in total. The lowest BCUT2D eigenvalue weighted by molar-refractivity contribution is 0.911. The van der Waals surface area contributed by atoms with Crippen LogP contribution in [-0.4, -0.2) is 24.5 Å². The second-order valence-corrected chi connectivity index (χ2v) is 20.9. The third-order valence-corrected chi connectivity index (χ3v) is 16.0. The summed E-state index contributed by atoms with van der Waals surface area (Å²) in [5.74, 6) is 0. The summed E-state index contributed by atoms with van der Waals surface area (Å²) in [4.78, 5) is 5.36. The topological polar surface area (TPSA) is 48.5 Å². The average Bonchev–Trinajstić information content (AvgIpc) is 4.31. The van der Waals surface area contributed by atoms with Gasteiger partial charge in [-0.2, -0.15) is 10.2 Å². The van der Waals surface area contributed by atoms with Crippen molar-refractivity contribution in [3.63, 3.8) is 0 Å². The van der Waals surface area contributed by atoms with Gasteiger partial charge in [-0.1, -0.05) is 231 Å². The zero-order chi connectivity index (χ0) is 54.3. The summed E-state index contributed by atoms with van der Waals surface area (Å²) >= 11 is 0. The van der Waals surface area contributed by atoms with Crippen LogP contribution in [0.4, 0.5) is 0 Å². The molecule has 0 saturated heterocycles. The Morgan fingerprint density at radius 3 is 1.12 bits per heavy atom. The highest BCUT2D eigenvalue weighted by Crippen LogP contribution is 2.44. The molecule has 15 aromatic rings. The third kappa shape index (κ3) is 8.84. The summed E-state index contributed by atoms with van der Waals surface area (Å²) in [5, 5.41) is 14.0. The van der Waals surface area contributed by atoms with Crippen LogP contribution in [0.5, 0.6) is 0 Å². The molecule has 0 spiro atoms. The molecule has 0 amide bonds. The van der Waals surface area contributed by atoms with Crippen LogP contribution in [0.1, 0.15) is 0 Å². The van der Waals surface area contributed by atoms with E-state index in [2.05, 4.69) is 297 Å². The molecule has 12 aromatic carbocycles. The molecule has 5 heteroatoms. The monoisotopic (exact) mass is 1050 g/mol. The van der Waals surface area contributed by atoms with Crippen LogP contribution in [0.25, 0.3) is 144 Å². The number of fused-ring (bicyclic) bond motifs is 3. The number of pyridine rings is 1. The maximum absolute atomic E-state index is 5.36. The Labute approximate surface area is 476 Å². The molecule has 0 aliphatic heterocycles. The number of aromatic nitrogens is 5. The van der Waals surface area contributed by atoms with Crippen LogP contribution < -0.4 is 0 Å². The Morgan fingerprint density at radius 1 is 0.220 bits per heavy atom. The molecule has 0 aliphatic carbocycles. The summed E-state index contributed by atoms with van der Waals surface area (Å²) in [6.07, 6.45) is 5.94. The molecule has 3 aromatic heterocycles. The van der Waals surface area contributed by atoms with E-state index in [9.17, 15) is 0 Å². The lowest BCUT2D eigenvalue weighted by atomic mass is 9.86. The summed E-state index contributed by atoms with van der Waals surface area (Å²) in [6.45, 7) is 0. The van der Waals surface area contributed by atoms with E-state index in [4.69, 9.17) is 15.2 Å². The van der Waals surface area contributed by atoms with Crippen molar-refractivity contribution in [2.75, 3.05) is 0 Å². The Kier molecular flexibility index (Phi) is 12.1. The van der Waals surface area contributed by atoms with Crippen molar-refractivity contribution in [1.29, 1.82) is 0 Å². The fourth-order valence-corrected chi connectivity index (χ4v) is 11.9. The minimum atomic E-state index is 0.953. The predicted octanol–water partition coefficient (Wildman–Crippen LogP) is 19.9. The van der Waals surface area contributed by atoms with Gasteiger partial charge >= 0.3 is 0 Å². The first-order valence-corrected chi connectivity index (χ1v) is 27.8. The standard InChI is InChI=1S/C77H51N5/c1-2-17-52(18-3-1)53-33-35-54(36-34-53)57-21-16-22-58(45-57)77-73-30-13-12-29-72(73)74(51-78-77)71-28-11-10-27-70(71)63-47-61(68-25-8-6-23-66(68)55-37-41-64(42-38-55)81-75-31-14-4-19-59(75)49-79-81)46-62(48-63)69-26-9-7-24-67(69)56-39-43-65(44-40-56)82-76-32-15-5-20-60(76)50-80-82/h1-51H. The minimum Gasteiger partial charge on any atom is -0.255 e. The first-order chi connectivity index (χ1) is 40.6. The summed E-state index contributed by atoms with van der Waals surface area (Å²) in [7, 11) is 0. The van der Waals surface area contributed by atoms with E-state index in [-0.39, 0.29) is 0 Å². The smallest absolute Gasteiger partial charge is 0.0780 e. The van der Waals surface area contributed by atoms with Gasteiger partial charge in [0.15, 0.2) is 0 Å². The van der Waals surface area contributed by atoms with E-state index in [1.165, 1.54) is 11.1 Å². The predicted molar refractivity (Wildman–Crippen MR) is 340 cm³/mol. The minimum absolute atomic E-state index is 0.953. The van der Waals surface area contributed by atoms with Crippen molar-refractivity contribution in [2.24, 2.45) is 0 Å². The number of rotatable bonds is 11. The normalized spacial score (nSPS) is 11.4. The molecule has 3 heterocycles.